The molecule has 1 unspecified atom stereocenters. The molecule has 2 heterocycles. The van der Waals surface area contributed by atoms with Gasteiger partial charge in [-0.25, -0.2) is 9.78 Å². The molecule has 1 atom stereocenters. The fraction of sp³-hybridized carbons (Fsp3) is 0.500. The van der Waals surface area contributed by atoms with Crippen LogP contribution in [0.25, 0.3) is 0 Å². The normalized spacial score (nSPS) is 21.4. The van der Waals surface area contributed by atoms with E-state index in [0.29, 0.717) is 18.3 Å². The summed E-state index contributed by atoms with van der Waals surface area (Å²) in [5.41, 5.74) is 1.07. The summed E-state index contributed by atoms with van der Waals surface area (Å²) in [7, 11) is 1.93. The highest BCUT2D eigenvalue weighted by atomic mass is 16.2. The Morgan fingerprint density at radius 3 is 3.23 bits per heavy atom. The first-order valence-corrected chi connectivity index (χ1v) is 4.24. The molecule has 70 valence electrons. The first kappa shape index (κ1) is 8.10. The molecule has 5 nitrogen and oxygen atoms in total. The van der Waals surface area contributed by atoms with E-state index in [2.05, 4.69) is 22.5 Å². The van der Waals surface area contributed by atoms with Gasteiger partial charge in [0.25, 0.3) is 0 Å². The third kappa shape index (κ3) is 1.26. The van der Waals surface area contributed by atoms with Crippen molar-refractivity contribution in [3.05, 3.63) is 12.0 Å². The van der Waals surface area contributed by atoms with Crippen LogP contribution in [0.15, 0.2) is 6.33 Å². The first-order chi connectivity index (χ1) is 6.18. The summed E-state index contributed by atoms with van der Waals surface area (Å²) in [6.45, 7) is 2.71. The van der Waals surface area contributed by atoms with Crippen molar-refractivity contribution in [2.75, 3.05) is 11.9 Å². The van der Waals surface area contributed by atoms with Gasteiger partial charge in [0.15, 0.2) is 5.82 Å². The monoisotopic (exact) mass is 180 g/mol. The molecule has 5 heteroatoms. The van der Waals surface area contributed by atoms with Crippen LogP contribution in [0.1, 0.15) is 18.5 Å². The highest BCUT2D eigenvalue weighted by Crippen LogP contribution is 2.23. The van der Waals surface area contributed by atoms with Crippen molar-refractivity contribution in [3.63, 3.8) is 0 Å². The molecule has 0 fully saturated rings. The number of nitrogens with zero attached hydrogens (tertiary/aromatic N) is 2. The second kappa shape index (κ2) is 2.76. The number of rotatable bonds is 0. The maximum absolute atomic E-state index is 11.1. The summed E-state index contributed by atoms with van der Waals surface area (Å²) in [5, 5.41) is 5.44. The van der Waals surface area contributed by atoms with Crippen molar-refractivity contribution < 1.29 is 4.79 Å². The Bertz CT molecular complexity index is 344. The summed E-state index contributed by atoms with van der Waals surface area (Å²) in [6.07, 6.45) is 1.72. The molecule has 0 aliphatic carbocycles. The third-order valence-electron chi connectivity index (χ3n) is 2.25. The van der Waals surface area contributed by atoms with E-state index < -0.39 is 0 Å². The second-order valence-electron chi connectivity index (χ2n) is 3.33. The highest BCUT2D eigenvalue weighted by molar-refractivity contribution is 5.89. The lowest BCUT2D eigenvalue weighted by atomic mass is 10.1. The highest BCUT2D eigenvalue weighted by Gasteiger charge is 2.21. The number of amides is 2. The van der Waals surface area contributed by atoms with E-state index in [1.54, 1.807) is 6.33 Å². The number of carbonyl (C=O) groups is 1. The fourth-order valence-corrected chi connectivity index (χ4v) is 1.61. The summed E-state index contributed by atoms with van der Waals surface area (Å²) in [4.78, 5) is 15.2. The van der Waals surface area contributed by atoms with Crippen LogP contribution in [-0.2, 0) is 7.05 Å². The van der Waals surface area contributed by atoms with E-state index in [1.165, 1.54) is 0 Å². The summed E-state index contributed by atoms with van der Waals surface area (Å²) >= 11 is 0. The van der Waals surface area contributed by atoms with Gasteiger partial charge in [0, 0.05) is 19.5 Å². The van der Waals surface area contributed by atoms with Crippen LogP contribution in [0, 0.1) is 0 Å². The molecule has 2 N–H and O–H groups in total. The molecule has 0 bridgehead atoms. The van der Waals surface area contributed by atoms with E-state index in [0.717, 1.165) is 5.69 Å². The van der Waals surface area contributed by atoms with Gasteiger partial charge < -0.3 is 9.88 Å². The minimum absolute atomic E-state index is 0.177. The number of aromatic nitrogens is 2. The SMILES string of the molecule is CC1CNC(=O)Nc2ncn(C)c21. The summed E-state index contributed by atoms with van der Waals surface area (Å²) in [6, 6.07) is -0.177. The molecule has 0 saturated heterocycles. The summed E-state index contributed by atoms with van der Waals surface area (Å²) < 4.78 is 1.94. The topological polar surface area (TPSA) is 59.0 Å². The number of nitrogens with one attached hydrogen (secondary N) is 2. The molecule has 0 aromatic carbocycles. The first-order valence-electron chi connectivity index (χ1n) is 4.24. The van der Waals surface area contributed by atoms with Gasteiger partial charge in [-0.1, -0.05) is 6.92 Å². The number of hydrogen-bond acceptors (Lipinski definition) is 2. The van der Waals surface area contributed by atoms with Crippen molar-refractivity contribution in [2.24, 2.45) is 7.05 Å². The van der Waals surface area contributed by atoms with Crippen LogP contribution in [0.4, 0.5) is 10.6 Å². The van der Waals surface area contributed by atoms with Crippen molar-refractivity contribution in [3.8, 4) is 0 Å². The molecule has 13 heavy (non-hydrogen) atoms. The van der Waals surface area contributed by atoms with Crippen molar-refractivity contribution >= 4 is 11.8 Å². The fourth-order valence-electron chi connectivity index (χ4n) is 1.61. The number of anilines is 1. The predicted octanol–water partition coefficient (Wildman–Crippen LogP) is 0.659. The van der Waals surface area contributed by atoms with Gasteiger partial charge in [-0.2, -0.15) is 0 Å². The largest absolute Gasteiger partial charge is 0.337 e. The Morgan fingerprint density at radius 1 is 1.69 bits per heavy atom. The molecule has 2 rings (SSSR count). The lowest BCUT2D eigenvalue weighted by Crippen LogP contribution is -2.28. The zero-order valence-corrected chi connectivity index (χ0v) is 7.66. The van der Waals surface area contributed by atoms with Crippen molar-refractivity contribution in [1.29, 1.82) is 0 Å². The Hall–Kier alpha value is -1.52. The molecule has 1 aromatic rings. The van der Waals surface area contributed by atoms with Crippen LogP contribution in [0.3, 0.4) is 0 Å². The third-order valence-corrected chi connectivity index (χ3v) is 2.25. The quantitative estimate of drug-likeness (QED) is 0.616. The van der Waals surface area contributed by atoms with Crippen LogP contribution in [-0.4, -0.2) is 22.1 Å². The van der Waals surface area contributed by atoms with E-state index in [9.17, 15) is 4.79 Å². The summed E-state index contributed by atoms with van der Waals surface area (Å²) in [5.74, 6) is 0.964. The van der Waals surface area contributed by atoms with Crippen molar-refractivity contribution in [1.82, 2.24) is 14.9 Å². The molecule has 1 aliphatic rings. The maximum Gasteiger partial charge on any atom is 0.320 e. The average Bonchev–Trinajstić information content (AvgIpc) is 2.36. The number of urea groups is 1. The number of hydrogen-bond donors (Lipinski definition) is 2. The van der Waals surface area contributed by atoms with E-state index >= 15 is 0 Å². The lowest BCUT2D eigenvalue weighted by Gasteiger charge is -2.09. The van der Waals surface area contributed by atoms with Crippen LogP contribution < -0.4 is 10.6 Å². The minimum Gasteiger partial charge on any atom is -0.337 e. The van der Waals surface area contributed by atoms with Crippen LogP contribution in [0.5, 0.6) is 0 Å². The number of imidazole rings is 1. The standard InChI is InChI=1S/C8H12N4O/c1-5-3-9-8(13)11-7-6(5)12(2)4-10-7/h4-5H,3H2,1-2H3,(H2,9,11,13). The van der Waals surface area contributed by atoms with Gasteiger partial charge in [-0.05, 0) is 0 Å². The second-order valence-corrected chi connectivity index (χ2v) is 3.33. The molecule has 2 amide bonds. The van der Waals surface area contributed by atoms with Gasteiger partial charge in [-0.15, -0.1) is 0 Å². The molecule has 1 aromatic heterocycles. The van der Waals surface area contributed by atoms with Crippen LogP contribution >= 0.6 is 0 Å². The molecule has 1 aliphatic heterocycles. The minimum atomic E-state index is -0.177. The Morgan fingerprint density at radius 2 is 2.46 bits per heavy atom. The van der Waals surface area contributed by atoms with Gasteiger partial charge >= 0.3 is 6.03 Å². The zero-order valence-electron chi connectivity index (χ0n) is 7.66. The molecule has 0 saturated carbocycles. The molecule has 0 spiro atoms. The van der Waals surface area contributed by atoms with Gasteiger partial charge in [0.2, 0.25) is 0 Å². The van der Waals surface area contributed by atoms with Crippen LogP contribution in [0.2, 0.25) is 0 Å². The zero-order chi connectivity index (χ0) is 9.42. The maximum atomic E-state index is 11.1. The van der Waals surface area contributed by atoms with E-state index in [4.69, 9.17) is 0 Å². The van der Waals surface area contributed by atoms with Gasteiger partial charge in [0.05, 0.1) is 12.0 Å². The number of aryl methyl sites for hydroxylation is 1. The smallest absolute Gasteiger partial charge is 0.320 e. The van der Waals surface area contributed by atoms with Gasteiger partial charge in [-0.3, -0.25) is 5.32 Å². The van der Waals surface area contributed by atoms with E-state index in [-0.39, 0.29) is 6.03 Å². The molecule has 0 radical (unpaired) electrons. The predicted molar refractivity (Wildman–Crippen MR) is 48.6 cm³/mol. The Kier molecular flexibility index (Phi) is 1.72. The Labute approximate surface area is 76.2 Å². The Balaban J connectivity index is 2.45. The van der Waals surface area contributed by atoms with Gasteiger partial charge in [0.1, 0.15) is 0 Å². The lowest BCUT2D eigenvalue weighted by molar-refractivity contribution is 0.252. The average molecular weight is 180 g/mol. The number of fused-ring (bicyclic) bond motifs is 1. The number of carbonyl (C=O) groups excluding carboxylic acids is 1. The molecular weight excluding hydrogens is 168 g/mol. The van der Waals surface area contributed by atoms with E-state index in [1.807, 2.05) is 11.6 Å². The van der Waals surface area contributed by atoms with Crippen molar-refractivity contribution in [2.45, 2.75) is 12.8 Å². The molecular formula is C8H12N4O.